The minimum atomic E-state index is -0.954. The number of esters is 1. The average Bonchev–Trinajstić information content (AvgIpc) is 2.62. The van der Waals surface area contributed by atoms with Crippen molar-refractivity contribution >= 4 is 5.97 Å². The van der Waals surface area contributed by atoms with E-state index in [-0.39, 0.29) is 40.2 Å². The van der Waals surface area contributed by atoms with Gasteiger partial charge in [0.15, 0.2) is 0 Å². The summed E-state index contributed by atoms with van der Waals surface area (Å²) in [5, 5.41) is 17.7. The summed E-state index contributed by atoms with van der Waals surface area (Å²) in [5.74, 6) is -0.276. The Hall–Kier alpha value is 0.0783. The van der Waals surface area contributed by atoms with E-state index in [9.17, 15) is 4.79 Å². The molecular weight excluding hydrogens is 412 g/mol. The third kappa shape index (κ3) is 22.1. The molecule has 156 valence electrons. The van der Waals surface area contributed by atoms with Crippen LogP contribution in [-0.4, -0.2) is 35.5 Å². The van der Waals surface area contributed by atoms with E-state index >= 15 is 0 Å². The predicted molar refractivity (Wildman–Crippen MR) is 104 cm³/mol. The van der Waals surface area contributed by atoms with Crippen molar-refractivity contribution in [3.63, 3.8) is 0 Å². The van der Waals surface area contributed by atoms with Crippen molar-refractivity contribution in [1.29, 1.82) is 0 Å². The van der Waals surface area contributed by atoms with Crippen LogP contribution in [0.1, 0.15) is 110 Å². The molecule has 1 atom stereocenters. The van der Waals surface area contributed by atoms with Crippen LogP contribution in [0.3, 0.4) is 0 Å². The van der Waals surface area contributed by atoms with Gasteiger partial charge in [0.05, 0.1) is 6.61 Å². The molecular formula is C21H42MoO4. The van der Waals surface area contributed by atoms with E-state index in [0.717, 1.165) is 12.8 Å². The molecule has 0 aromatic carbocycles. The zero-order valence-corrected chi connectivity index (χ0v) is 18.9. The summed E-state index contributed by atoms with van der Waals surface area (Å²) in [5.41, 5.74) is 0. The van der Waals surface area contributed by atoms with E-state index in [4.69, 9.17) is 14.9 Å². The van der Waals surface area contributed by atoms with Crippen LogP contribution in [0.2, 0.25) is 0 Å². The van der Waals surface area contributed by atoms with Crippen molar-refractivity contribution in [2.75, 3.05) is 13.2 Å². The Balaban J connectivity index is 0. The summed E-state index contributed by atoms with van der Waals surface area (Å²) in [6.07, 6.45) is 19.0. The van der Waals surface area contributed by atoms with Crippen LogP contribution in [0.15, 0.2) is 0 Å². The van der Waals surface area contributed by atoms with Crippen LogP contribution in [0, 0.1) is 0 Å². The van der Waals surface area contributed by atoms with Gasteiger partial charge in [-0.1, -0.05) is 96.8 Å². The van der Waals surface area contributed by atoms with Crippen molar-refractivity contribution in [1.82, 2.24) is 0 Å². The van der Waals surface area contributed by atoms with Crippen molar-refractivity contribution in [2.24, 2.45) is 0 Å². The van der Waals surface area contributed by atoms with Gasteiger partial charge in [-0.15, -0.1) is 0 Å². The van der Waals surface area contributed by atoms with Gasteiger partial charge < -0.3 is 14.9 Å². The van der Waals surface area contributed by atoms with Gasteiger partial charge in [-0.05, 0) is 6.42 Å². The van der Waals surface area contributed by atoms with Crippen LogP contribution in [0.4, 0.5) is 0 Å². The molecule has 0 aromatic rings. The summed E-state index contributed by atoms with van der Waals surface area (Å²) in [6, 6.07) is 0. The Morgan fingerprint density at radius 3 is 1.54 bits per heavy atom. The molecule has 0 aliphatic heterocycles. The van der Waals surface area contributed by atoms with E-state index in [0.29, 0.717) is 6.42 Å². The SMILES string of the molecule is CCCCCCCCCCCCCCCCCC(=O)OCC(O)CO.[Mo]. The summed E-state index contributed by atoms with van der Waals surface area (Å²) in [6.45, 7) is 1.79. The van der Waals surface area contributed by atoms with E-state index in [1.165, 1.54) is 83.5 Å². The molecule has 0 radical (unpaired) electrons. The van der Waals surface area contributed by atoms with E-state index in [1.807, 2.05) is 0 Å². The Morgan fingerprint density at radius 1 is 0.769 bits per heavy atom. The number of hydrogen-bond donors (Lipinski definition) is 2. The van der Waals surface area contributed by atoms with Gasteiger partial charge in [-0.25, -0.2) is 0 Å². The third-order valence-electron chi connectivity index (χ3n) is 4.63. The molecule has 0 saturated heterocycles. The molecule has 0 spiro atoms. The predicted octanol–water partition coefficient (Wildman–Crippen LogP) is 5.14. The van der Waals surface area contributed by atoms with Crippen LogP contribution < -0.4 is 0 Å². The Bertz CT molecular complexity index is 287. The van der Waals surface area contributed by atoms with E-state index in [1.54, 1.807) is 0 Å². The minimum absolute atomic E-state index is 0. The summed E-state index contributed by atoms with van der Waals surface area (Å²) in [7, 11) is 0. The first-order chi connectivity index (χ1) is 12.2. The number of ether oxygens (including phenoxy) is 1. The molecule has 0 rings (SSSR count). The van der Waals surface area contributed by atoms with Crippen molar-refractivity contribution in [3.8, 4) is 0 Å². The maximum atomic E-state index is 11.4. The first-order valence-corrected chi connectivity index (χ1v) is 10.6. The number of aliphatic hydroxyl groups excluding tert-OH is 2. The fourth-order valence-corrected chi connectivity index (χ4v) is 2.95. The van der Waals surface area contributed by atoms with Gasteiger partial charge in [-0.2, -0.15) is 0 Å². The number of carbonyl (C=O) groups is 1. The fraction of sp³-hybridized carbons (Fsp3) is 0.952. The smallest absolute Gasteiger partial charge is 0.305 e. The van der Waals surface area contributed by atoms with E-state index in [2.05, 4.69) is 6.92 Å². The zero-order valence-electron chi connectivity index (χ0n) is 16.9. The van der Waals surface area contributed by atoms with Crippen molar-refractivity contribution < 1.29 is 40.8 Å². The van der Waals surface area contributed by atoms with Crippen molar-refractivity contribution in [3.05, 3.63) is 0 Å². The van der Waals surface area contributed by atoms with Crippen LogP contribution in [0.25, 0.3) is 0 Å². The number of aliphatic hydroxyl groups is 2. The topological polar surface area (TPSA) is 66.8 Å². The Kier molecular flexibility index (Phi) is 25.2. The molecule has 4 nitrogen and oxygen atoms in total. The second-order valence-electron chi connectivity index (χ2n) is 7.22. The summed E-state index contributed by atoms with van der Waals surface area (Å²) in [4.78, 5) is 11.4. The maximum absolute atomic E-state index is 11.4. The van der Waals surface area contributed by atoms with Gasteiger partial charge in [0, 0.05) is 27.5 Å². The van der Waals surface area contributed by atoms with Gasteiger partial charge in [-0.3, -0.25) is 4.79 Å². The monoisotopic (exact) mass is 456 g/mol. The zero-order chi connectivity index (χ0) is 18.6. The van der Waals surface area contributed by atoms with Crippen LogP contribution >= 0.6 is 0 Å². The van der Waals surface area contributed by atoms with E-state index < -0.39 is 6.10 Å². The van der Waals surface area contributed by atoms with Crippen LogP contribution in [-0.2, 0) is 30.6 Å². The van der Waals surface area contributed by atoms with Gasteiger partial charge >= 0.3 is 5.97 Å². The number of unbranched alkanes of at least 4 members (excludes halogenated alkanes) is 14. The first-order valence-electron chi connectivity index (χ1n) is 10.6. The molecule has 1 unspecified atom stereocenters. The maximum Gasteiger partial charge on any atom is 0.305 e. The molecule has 0 aromatic heterocycles. The quantitative estimate of drug-likeness (QED) is 0.161. The fourth-order valence-electron chi connectivity index (χ4n) is 2.95. The molecule has 0 saturated carbocycles. The molecule has 0 aliphatic carbocycles. The second-order valence-corrected chi connectivity index (χ2v) is 7.22. The molecule has 0 amide bonds. The molecule has 5 heteroatoms. The third-order valence-corrected chi connectivity index (χ3v) is 4.63. The largest absolute Gasteiger partial charge is 0.463 e. The summed E-state index contributed by atoms with van der Waals surface area (Å²) < 4.78 is 4.86. The van der Waals surface area contributed by atoms with Gasteiger partial charge in [0.1, 0.15) is 12.7 Å². The molecule has 0 fully saturated rings. The minimum Gasteiger partial charge on any atom is -0.463 e. The number of carbonyl (C=O) groups excluding carboxylic acids is 1. The van der Waals surface area contributed by atoms with Gasteiger partial charge in [0.25, 0.3) is 0 Å². The first kappa shape index (κ1) is 28.3. The normalized spacial score (nSPS) is 11.8. The van der Waals surface area contributed by atoms with Gasteiger partial charge in [0.2, 0.25) is 0 Å². The van der Waals surface area contributed by atoms with Crippen LogP contribution in [0.5, 0.6) is 0 Å². The molecule has 2 N–H and O–H groups in total. The molecule has 0 aliphatic rings. The summed E-state index contributed by atoms with van der Waals surface area (Å²) >= 11 is 0. The Morgan fingerprint density at radius 2 is 1.15 bits per heavy atom. The molecule has 0 bridgehead atoms. The van der Waals surface area contributed by atoms with Crippen molar-refractivity contribution in [2.45, 2.75) is 116 Å². The number of hydrogen-bond acceptors (Lipinski definition) is 4. The standard InChI is InChI=1S/C21H42O4.Mo/c1-2-3-4-5-6-7-8-9-10-11-12-13-14-15-16-17-21(24)25-19-20(23)18-22;/h20,22-23H,2-19H2,1H3;. The average molecular weight is 455 g/mol. The second kappa shape index (κ2) is 23.1. The number of rotatable bonds is 19. The molecule has 0 heterocycles. The Labute approximate surface area is 175 Å². The molecule has 26 heavy (non-hydrogen) atoms.